The minimum Gasteiger partial charge on any atom is -0.352 e. The second kappa shape index (κ2) is 9.40. The maximum Gasteiger partial charge on any atom is 0.256 e. The number of nitrogens with zero attached hydrogens (tertiary/aromatic N) is 2. The number of carbonyl (C=O) groups excluding carboxylic acids is 1. The van der Waals surface area contributed by atoms with Crippen molar-refractivity contribution in [3.8, 4) is 0 Å². The highest BCUT2D eigenvalue weighted by Gasteiger charge is 2.20. The van der Waals surface area contributed by atoms with Gasteiger partial charge in [-0.1, -0.05) is 41.9 Å². The number of benzene rings is 2. The summed E-state index contributed by atoms with van der Waals surface area (Å²) in [5.74, 6) is -0.829. The predicted molar refractivity (Wildman–Crippen MR) is 113 cm³/mol. The number of sulfone groups is 1. The summed E-state index contributed by atoms with van der Waals surface area (Å²) in [6.45, 7) is 2.15. The summed E-state index contributed by atoms with van der Waals surface area (Å²) in [6, 6.07) is 14.1. The van der Waals surface area contributed by atoms with Crippen LogP contribution in [-0.4, -0.2) is 36.4 Å². The van der Waals surface area contributed by atoms with Crippen molar-refractivity contribution in [1.82, 2.24) is 15.1 Å². The Labute approximate surface area is 179 Å². The summed E-state index contributed by atoms with van der Waals surface area (Å²) in [6.07, 6.45) is 0.267. The van der Waals surface area contributed by atoms with E-state index in [9.17, 15) is 17.6 Å². The van der Waals surface area contributed by atoms with Gasteiger partial charge in [-0.05, 0) is 43.2 Å². The Morgan fingerprint density at radius 2 is 1.80 bits per heavy atom. The second-order valence-electron chi connectivity index (χ2n) is 6.78. The van der Waals surface area contributed by atoms with E-state index in [1.54, 1.807) is 49.4 Å². The van der Waals surface area contributed by atoms with Gasteiger partial charge in [0.25, 0.3) is 5.91 Å². The van der Waals surface area contributed by atoms with Gasteiger partial charge in [0.1, 0.15) is 11.0 Å². The van der Waals surface area contributed by atoms with Gasteiger partial charge in [-0.2, -0.15) is 5.10 Å². The van der Waals surface area contributed by atoms with Crippen molar-refractivity contribution in [3.05, 3.63) is 82.4 Å². The monoisotopic (exact) mass is 449 g/mol. The lowest BCUT2D eigenvalue weighted by Crippen LogP contribution is -2.26. The van der Waals surface area contributed by atoms with Gasteiger partial charge in [-0.25, -0.2) is 17.5 Å². The number of aryl methyl sites for hydroxylation is 1. The number of carbonyl (C=O) groups is 1. The Balaban J connectivity index is 1.59. The molecule has 0 fully saturated rings. The molecule has 0 aliphatic rings. The highest BCUT2D eigenvalue weighted by Crippen LogP contribution is 2.21. The third-order valence-electron chi connectivity index (χ3n) is 4.52. The first-order chi connectivity index (χ1) is 14.3. The van der Waals surface area contributed by atoms with Crippen LogP contribution in [0.2, 0.25) is 5.15 Å². The molecule has 0 saturated heterocycles. The summed E-state index contributed by atoms with van der Waals surface area (Å²) >= 11 is 6.34. The first-order valence-corrected chi connectivity index (χ1v) is 11.3. The van der Waals surface area contributed by atoms with E-state index in [0.29, 0.717) is 12.2 Å². The molecule has 0 unspecified atom stereocenters. The Bertz CT molecular complexity index is 1130. The maximum absolute atomic E-state index is 13.1. The van der Waals surface area contributed by atoms with E-state index in [2.05, 4.69) is 10.4 Å². The number of rotatable bonds is 8. The van der Waals surface area contributed by atoms with E-state index in [4.69, 9.17) is 11.6 Å². The van der Waals surface area contributed by atoms with Crippen LogP contribution in [0.1, 0.15) is 28.0 Å². The molecule has 3 aromatic rings. The van der Waals surface area contributed by atoms with Gasteiger partial charge in [0.15, 0.2) is 9.84 Å². The van der Waals surface area contributed by atoms with Crippen LogP contribution in [0.25, 0.3) is 0 Å². The molecule has 1 amide bonds. The highest BCUT2D eigenvalue weighted by molar-refractivity contribution is 7.91. The lowest BCUT2D eigenvalue weighted by Gasteiger charge is -2.07. The van der Waals surface area contributed by atoms with Crippen LogP contribution in [0.15, 0.2) is 59.5 Å². The van der Waals surface area contributed by atoms with Gasteiger partial charge in [0.2, 0.25) is 0 Å². The zero-order valence-corrected chi connectivity index (χ0v) is 17.9. The fourth-order valence-corrected chi connectivity index (χ4v) is 4.63. The standard InChI is InChI=1S/C21H21ClFN3O3S/c1-15-19(20(22)26(25-15)14-16-8-10-17(23)11-9-16)21(27)24-12-5-13-30(28,29)18-6-3-2-4-7-18/h2-4,6-11H,5,12-14H2,1H3,(H,24,27). The number of halogens is 2. The Morgan fingerprint density at radius 1 is 1.13 bits per heavy atom. The van der Waals surface area contributed by atoms with Crippen LogP contribution in [0.4, 0.5) is 4.39 Å². The molecule has 2 aromatic carbocycles. The van der Waals surface area contributed by atoms with Crippen LogP contribution < -0.4 is 5.32 Å². The molecule has 1 aromatic heterocycles. The average molecular weight is 450 g/mol. The molecule has 0 spiro atoms. The van der Waals surface area contributed by atoms with Crippen molar-refractivity contribution in [2.75, 3.05) is 12.3 Å². The smallest absolute Gasteiger partial charge is 0.256 e. The van der Waals surface area contributed by atoms with Crippen LogP contribution >= 0.6 is 11.6 Å². The fraction of sp³-hybridized carbons (Fsp3) is 0.238. The molecule has 0 saturated carbocycles. The van der Waals surface area contributed by atoms with E-state index in [-0.39, 0.29) is 40.1 Å². The van der Waals surface area contributed by atoms with Gasteiger partial charge >= 0.3 is 0 Å². The molecular formula is C21H21ClFN3O3S. The second-order valence-corrected chi connectivity index (χ2v) is 9.24. The Morgan fingerprint density at radius 3 is 2.47 bits per heavy atom. The molecule has 3 rings (SSSR count). The summed E-state index contributed by atoms with van der Waals surface area (Å²) in [4.78, 5) is 12.8. The average Bonchev–Trinajstić information content (AvgIpc) is 3.00. The quantitative estimate of drug-likeness (QED) is 0.532. The molecule has 0 atom stereocenters. The van der Waals surface area contributed by atoms with Crippen LogP contribution in [0.5, 0.6) is 0 Å². The number of hydrogen-bond donors (Lipinski definition) is 1. The van der Waals surface area contributed by atoms with E-state index < -0.39 is 15.7 Å². The van der Waals surface area contributed by atoms with Crippen LogP contribution in [-0.2, 0) is 16.4 Å². The summed E-state index contributed by atoms with van der Waals surface area (Å²) in [5.41, 5.74) is 1.49. The molecule has 6 nitrogen and oxygen atoms in total. The van der Waals surface area contributed by atoms with E-state index >= 15 is 0 Å². The summed E-state index contributed by atoms with van der Waals surface area (Å²) in [7, 11) is -3.39. The third kappa shape index (κ3) is 5.25. The Kier molecular flexibility index (Phi) is 6.89. The lowest BCUT2D eigenvalue weighted by atomic mass is 10.2. The van der Waals surface area contributed by atoms with Crippen molar-refractivity contribution in [2.24, 2.45) is 0 Å². The summed E-state index contributed by atoms with van der Waals surface area (Å²) < 4.78 is 39.1. The van der Waals surface area contributed by atoms with Gasteiger partial charge in [0.05, 0.1) is 28.5 Å². The molecule has 9 heteroatoms. The molecule has 30 heavy (non-hydrogen) atoms. The van der Waals surface area contributed by atoms with Crippen molar-refractivity contribution in [3.63, 3.8) is 0 Å². The first-order valence-electron chi connectivity index (χ1n) is 9.31. The minimum absolute atomic E-state index is 0.0756. The number of amides is 1. The van der Waals surface area contributed by atoms with E-state index in [0.717, 1.165) is 5.56 Å². The zero-order chi connectivity index (χ0) is 21.7. The topological polar surface area (TPSA) is 81.1 Å². The molecular weight excluding hydrogens is 429 g/mol. The first kappa shape index (κ1) is 22.0. The Hall–Kier alpha value is -2.71. The minimum atomic E-state index is -3.39. The van der Waals surface area contributed by atoms with E-state index in [1.807, 2.05) is 0 Å². The van der Waals surface area contributed by atoms with Gasteiger partial charge in [0, 0.05) is 6.54 Å². The number of nitrogens with one attached hydrogen (secondary N) is 1. The van der Waals surface area contributed by atoms with Crippen LogP contribution in [0, 0.1) is 12.7 Å². The van der Waals surface area contributed by atoms with Gasteiger partial charge in [-0.3, -0.25) is 4.79 Å². The van der Waals surface area contributed by atoms with Crippen LogP contribution in [0.3, 0.4) is 0 Å². The van der Waals surface area contributed by atoms with Crippen molar-refractivity contribution < 1.29 is 17.6 Å². The van der Waals surface area contributed by atoms with Gasteiger partial charge < -0.3 is 5.32 Å². The highest BCUT2D eigenvalue weighted by atomic mass is 35.5. The normalized spacial score (nSPS) is 11.4. The molecule has 0 aliphatic heterocycles. The predicted octanol–water partition coefficient (Wildman–Crippen LogP) is 3.63. The molecule has 0 aliphatic carbocycles. The zero-order valence-electron chi connectivity index (χ0n) is 16.3. The van der Waals surface area contributed by atoms with E-state index in [1.165, 1.54) is 16.8 Å². The van der Waals surface area contributed by atoms with Crippen molar-refractivity contribution in [2.45, 2.75) is 24.8 Å². The molecule has 158 valence electrons. The molecule has 0 radical (unpaired) electrons. The maximum atomic E-state index is 13.1. The summed E-state index contributed by atoms with van der Waals surface area (Å²) in [5, 5.41) is 7.16. The number of hydrogen-bond acceptors (Lipinski definition) is 4. The third-order valence-corrected chi connectivity index (χ3v) is 6.72. The van der Waals surface area contributed by atoms with Crippen molar-refractivity contribution >= 4 is 27.3 Å². The van der Waals surface area contributed by atoms with Gasteiger partial charge in [-0.15, -0.1) is 0 Å². The SMILES string of the molecule is Cc1nn(Cc2ccc(F)cc2)c(Cl)c1C(=O)NCCCS(=O)(=O)c1ccccc1. The molecule has 1 heterocycles. The molecule has 0 bridgehead atoms. The fourth-order valence-electron chi connectivity index (χ4n) is 2.98. The lowest BCUT2D eigenvalue weighted by molar-refractivity contribution is 0.0953. The largest absolute Gasteiger partial charge is 0.352 e. The van der Waals surface area contributed by atoms with Crippen molar-refractivity contribution in [1.29, 1.82) is 0 Å². The molecule has 1 N–H and O–H groups in total. The number of aromatic nitrogens is 2.